The smallest absolute Gasteiger partial charge is 0.232 e. The second kappa shape index (κ2) is 6.12. The molecule has 1 saturated carbocycles. The summed E-state index contributed by atoms with van der Waals surface area (Å²) in [4.78, 5) is 9.95. The van der Waals surface area contributed by atoms with Crippen molar-refractivity contribution in [1.82, 2.24) is 15.3 Å². The Morgan fingerprint density at radius 1 is 1.32 bits per heavy atom. The summed E-state index contributed by atoms with van der Waals surface area (Å²) in [5.74, 6) is 0.603. The normalized spacial score (nSPS) is 14.5. The van der Waals surface area contributed by atoms with Gasteiger partial charge in [0.25, 0.3) is 0 Å². The van der Waals surface area contributed by atoms with E-state index in [1.165, 1.54) is 17.7 Å². The van der Waals surface area contributed by atoms with Crippen LogP contribution in [-0.2, 0) is 13.0 Å². The first-order chi connectivity index (χ1) is 9.40. The minimum absolute atomic E-state index is 0.603. The molecule has 3 rings (SSSR count). The summed E-state index contributed by atoms with van der Waals surface area (Å²) in [7, 11) is 0. The van der Waals surface area contributed by atoms with E-state index in [1.54, 1.807) is 23.7 Å². The van der Waals surface area contributed by atoms with Crippen molar-refractivity contribution in [3.8, 4) is 5.88 Å². The van der Waals surface area contributed by atoms with Crippen molar-refractivity contribution >= 4 is 11.3 Å². The average molecular weight is 275 g/mol. The Labute approximate surface area is 116 Å². The zero-order chi connectivity index (χ0) is 12.9. The molecule has 0 aromatic carbocycles. The molecule has 1 aliphatic carbocycles. The molecule has 0 radical (unpaired) electrons. The van der Waals surface area contributed by atoms with Gasteiger partial charge in [-0.25, -0.2) is 4.98 Å². The lowest BCUT2D eigenvalue weighted by Gasteiger charge is -2.05. The molecule has 0 amide bonds. The molecule has 19 heavy (non-hydrogen) atoms. The lowest BCUT2D eigenvalue weighted by molar-refractivity contribution is 0.308. The van der Waals surface area contributed by atoms with Crippen LogP contribution in [0.15, 0.2) is 29.9 Å². The minimum atomic E-state index is 0.603. The van der Waals surface area contributed by atoms with Gasteiger partial charge in [-0.1, -0.05) is 6.07 Å². The number of rotatable bonds is 7. The molecule has 2 aromatic rings. The maximum Gasteiger partial charge on any atom is 0.232 e. The molecule has 2 heterocycles. The van der Waals surface area contributed by atoms with Gasteiger partial charge in [0.1, 0.15) is 0 Å². The molecule has 4 nitrogen and oxygen atoms in total. The number of nitrogens with zero attached hydrogens (tertiary/aromatic N) is 2. The minimum Gasteiger partial charge on any atom is -0.476 e. The lowest BCUT2D eigenvalue weighted by Crippen LogP contribution is -2.16. The van der Waals surface area contributed by atoms with Crippen LogP contribution in [0.2, 0.25) is 0 Å². The van der Waals surface area contributed by atoms with Crippen LogP contribution in [0.1, 0.15) is 23.4 Å². The Morgan fingerprint density at radius 2 is 2.26 bits per heavy atom. The second-order valence-corrected chi connectivity index (χ2v) is 5.71. The molecule has 1 N–H and O–H groups in total. The van der Waals surface area contributed by atoms with E-state index in [0.717, 1.165) is 18.7 Å². The van der Waals surface area contributed by atoms with Crippen molar-refractivity contribution < 1.29 is 4.74 Å². The van der Waals surface area contributed by atoms with Crippen molar-refractivity contribution in [2.24, 2.45) is 0 Å². The molecule has 1 fully saturated rings. The highest BCUT2D eigenvalue weighted by Gasteiger charge is 2.20. The first-order valence-corrected chi connectivity index (χ1v) is 7.47. The second-order valence-electron chi connectivity index (χ2n) is 4.68. The lowest BCUT2D eigenvalue weighted by atomic mass is 10.4. The van der Waals surface area contributed by atoms with Crippen LogP contribution in [-0.4, -0.2) is 22.6 Å². The van der Waals surface area contributed by atoms with Gasteiger partial charge >= 0.3 is 0 Å². The number of nitrogens with one attached hydrogen (secondary N) is 1. The van der Waals surface area contributed by atoms with Crippen molar-refractivity contribution in [2.75, 3.05) is 6.61 Å². The first kappa shape index (κ1) is 12.6. The summed E-state index contributed by atoms with van der Waals surface area (Å²) in [5.41, 5.74) is 0.970. The van der Waals surface area contributed by atoms with Gasteiger partial charge in [0, 0.05) is 23.9 Å². The zero-order valence-electron chi connectivity index (χ0n) is 10.7. The Bertz CT molecular complexity index is 494. The molecule has 0 spiro atoms. The number of thiophene rings is 1. The van der Waals surface area contributed by atoms with Crippen LogP contribution < -0.4 is 10.1 Å². The number of hydrogen-bond donors (Lipinski definition) is 1. The van der Waals surface area contributed by atoms with Crippen molar-refractivity contribution in [3.05, 3.63) is 40.5 Å². The van der Waals surface area contributed by atoms with E-state index in [0.29, 0.717) is 18.5 Å². The third kappa shape index (κ3) is 4.01. The summed E-state index contributed by atoms with van der Waals surface area (Å²) in [6.45, 7) is 1.45. The molecule has 0 unspecified atom stereocenters. The van der Waals surface area contributed by atoms with E-state index in [4.69, 9.17) is 4.74 Å². The quantitative estimate of drug-likeness (QED) is 0.843. The fraction of sp³-hybridized carbons (Fsp3) is 0.429. The maximum atomic E-state index is 5.58. The van der Waals surface area contributed by atoms with E-state index in [1.807, 2.05) is 0 Å². The topological polar surface area (TPSA) is 47.0 Å². The van der Waals surface area contributed by atoms with Crippen molar-refractivity contribution in [2.45, 2.75) is 31.8 Å². The molecule has 0 atom stereocenters. The van der Waals surface area contributed by atoms with Gasteiger partial charge in [-0.05, 0) is 24.3 Å². The molecule has 5 heteroatoms. The summed E-state index contributed by atoms with van der Waals surface area (Å²) < 4.78 is 5.58. The maximum absolute atomic E-state index is 5.58. The zero-order valence-corrected chi connectivity index (χ0v) is 11.5. The van der Waals surface area contributed by atoms with E-state index in [2.05, 4.69) is 32.8 Å². The molecule has 0 saturated heterocycles. The fourth-order valence-corrected chi connectivity index (χ4v) is 2.45. The Morgan fingerprint density at radius 3 is 2.95 bits per heavy atom. The Hall–Kier alpha value is -1.46. The SMILES string of the molecule is c1csc(CCOc2cnc(CNC3CC3)cn2)c1. The van der Waals surface area contributed by atoms with Crippen LogP contribution in [0.3, 0.4) is 0 Å². The standard InChI is InChI=1S/C14H17N3OS/c1-2-13(19-7-1)5-6-18-14-10-16-12(9-17-14)8-15-11-3-4-11/h1-2,7,9-11,15H,3-6,8H2. The van der Waals surface area contributed by atoms with Gasteiger partial charge in [0.15, 0.2) is 0 Å². The Kier molecular flexibility index (Phi) is 4.05. The largest absolute Gasteiger partial charge is 0.476 e. The highest BCUT2D eigenvalue weighted by Crippen LogP contribution is 2.19. The Balaban J connectivity index is 1.42. The van der Waals surface area contributed by atoms with Crippen molar-refractivity contribution in [1.29, 1.82) is 0 Å². The van der Waals surface area contributed by atoms with Crippen LogP contribution in [0.4, 0.5) is 0 Å². The van der Waals surface area contributed by atoms with E-state index < -0.39 is 0 Å². The van der Waals surface area contributed by atoms with Crippen molar-refractivity contribution in [3.63, 3.8) is 0 Å². The highest BCUT2D eigenvalue weighted by molar-refractivity contribution is 7.09. The number of hydrogen-bond acceptors (Lipinski definition) is 5. The third-order valence-electron chi connectivity index (χ3n) is 3.01. The summed E-state index contributed by atoms with van der Waals surface area (Å²) >= 11 is 1.75. The molecule has 0 bridgehead atoms. The predicted molar refractivity (Wildman–Crippen MR) is 75.4 cm³/mol. The van der Waals surface area contributed by atoms with Gasteiger partial charge in [-0.2, -0.15) is 0 Å². The van der Waals surface area contributed by atoms with E-state index >= 15 is 0 Å². The molecule has 2 aromatic heterocycles. The molecular weight excluding hydrogens is 258 g/mol. The fourth-order valence-electron chi connectivity index (χ4n) is 1.76. The monoisotopic (exact) mass is 275 g/mol. The third-order valence-corrected chi connectivity index (χ3v) is 3.95. The predicted octanol–water partition coefficient (Wildman–Crippen LogP) is 2.41. The number of aromatic nitrogens is 2. The number of ether oxygens (including phenoxy) is 1. The molecular formula is C14H17N3OS. The van der Waals surface area contributed by atoms with Gasteiger partial charge in [0.2, 0.25) is 5.88 Å². The average Bonchev–Trinajstić information content (AvgIpc) is 3.13. The van der Waals surface area contributed by atoms with Crippen LogP contribution in [0, 0.1) is 0 Å². The van der Waals surface area contributed by atoms with Gasteiger partial charge in [0.05, 0.1) is 24.7 Å². The molecule has 0 aliphatic heterocycles. The summed E-state index contributed by atoms with van der Waals surface area (Å²) in [6.07, 6.45) is 6.99. The summed E-state index contributed by atoms with van der Waals surface area (Å²) in [5, 5.41) is 5.49. The van der Waals surface area contributed by atoms with E-state index in [9.17, 15) is 0 Å². The first-order valence-electron chi connectivity index (χ1n) is 6.59. The van der Waals surface area contributed by atoms with Gasteiger partial charge < -0.3 is 10.1 Å². The molecule has 100 valence electrons. The van der Waals surface area contributed by atoms with Crippen LogP contribution in [0.25, 0.3) is 0 Å². The van der Waals surface area contributed by atoms with Crippen LogP contribution in [0.5, 0.6) is 5.88 Å². The van der Waals surface area contributed by atoms with Gasteiger partial charge in [-0.3, -0.25) is 4.98 Å². The summed E-state index contributed by atoms with van der Waals surface area (Å²) in [6, 6.07) is 4.87. The van der Waals surface area contributed by atoms with Crippen LogP contribution >= 0.6 is 11.3 Å². The van der Waals surface area contributed by atoms with E-state index in [-0.39, 0.29) is 0 Å². The highest BCUT2D eigenvalue weighted by atomic mass is 32.1. The van der Waals surface area contributed by atoms with Gasteiger partial charge in [-0.15, -0.1) is 11.3 Å². The molecule has 1 aliphatic rings.